The quantitative estimate of drug-likeness (QED) is 0.647. The van der Waals surface area contributed by atoms with Gasteiger partial charge in [-0.15, -0.1) is 0 Å². The molecule has 0 radical (unpaired) electrons. The first-order chi connectivity index (χ1) is 8.58. The minimum atomic E-state index is -0.315. The molecule has 0 spiro atoms. The number of rotatable bonds is 5. The Hall–Kier alpha value is -1.11. The van der Waals surface area contributed by atoms with Crippen molar-refractivity contribution in [3.8, 4) is 0 Å². The average Bonchev–Trinajstić information content (AvgIpc) is 2.38. The van der Waals surface area contributed by atoms with Gasteiger partial charge in [0, 0.05) is 9.61 Å². The van der Waals surface area contributed by atoms with E-state index in [9.17, 15) is 9.59 Å². The molecule has 18 heavy (non-hydrogen) atoms. The molecular weight excluding hydrogens is 345 g/mol. The van der Waals surface area contributed by atoms with Crippen LogP contribution in [0.25, 0.3) is 0 Å². The summed E-state index contributed by atoms with van der Waals surface area (Å²) >= 11 is 2.11. The van der Waals surface area contributed by atoms with Crippen LogP contribution in [0.15, 0.2) is 24.3 Å². The Morgan fingerprint density at radius 1 is 1.39 bits per heavy atom. The van der Waals surface area contributed by atoms with Gasteiger partial charge >= 0.3 is 5.97 Å². The van der Waals surface area contributed by atoms with Gasteiger partial charge in [0.1, 0.15) is 0 Å². The zero-order valence-corrected chi connectivity index (χ0v) is 12.6. The maximum atomic E-state index is 12.0. The Morgan fingerprint density at radius 3 is 2.61 bits per heavy atom. The van der Waals surface area contributed by atoms with Crippen LogP contribution in [0.1, 0.15) is 30.1 Å². The average molecular weight is 361 g/mol. The van der Waals surface area contributed by atoms with Crippen LogP contribution in [-0.2, 0) is 9.53 Å². The van der Waals surface area contributed by atoms with Gasteiger partial charge in [-0.25, -0.2) is 0 Å². The van der Waals surface area contributed by atoms with Crippen LogP contribution >= 0.6 is 22.6 Å². The number of methoxy groups -OCH3 is 1. The zero-order chi connectivity index (χ0) is 13.5. The van der Waals surface area contributed by atoms with Gasteiger partial charge < -0.3 is 10.1 Å². The fourth-order valence-electron chi connectivity index (χ4n) is 1.49. The maximum Gasteiger partial charge on any atom is 0.307 e. The van der Waals surface area contributed by atoms with Crippen molar-refractivity contribution in [1.82, 2.24) is 5.32 Å². The Kier molecular flexibility index (Phi) is 6.11. The van der Waals surface area contributed by atoms with Crippen molar-refractivity contribution in [2.45, 2.75) is 25.8 Å². The van der Waals surface area contributed by atoms with E-state index in [1.165, 1.54) is 7.11 Å². The van der Waals surface area contributed by atoms with Gasteiger partial charge in [-0.1, -0.05) is 19.1 Å². The summed E-state index contributed by atoms with van der Waals surface area (Å²) < 4.78 is 5.49. The summed E-state index contributed by atoms with van der Waals surface area (Å²) in [6, 6.07) is 7.14. The van der Waals surface area contributed by atoms with Crippen LogP contribution < -0.4 is 5.32 Å². The third-order valence-electron chi connectivity index (χ3n) is 2.59. The Labute approximate surface area is 120 Å². The number of benzene rings is 1. The number of hydrogen-bond acceptors (Lipinski definition) is 3. The molecule has 98 valence electrons. The summed E-state index contributed by atoms with van der Waals surface area (Å²) in [6.07, 6.45) is 0.881. The van der Waals surface area contributed by atoms with Crippen molar-refractivity contribution in [3.63, 3.8) is 0 Å². The summed E-state index contributed by atoms with van der Waals surface area (Å²) in [7, 11) is 1.34. The number of amides is 1. The minimum absolute atomic E-state index is 0.157. The molecule has 0 aliphatic heterocycles. The molecule has 0 aliphatic rings. The summed E-state index contributed by atoms with van der Waals surface area (Å²) in [4.78, 5) is 23.2. The molecule has 1 atom stereocenters. The van der Waals surface area contributed by atoms with Crippen molar-refractivity contribution >= 4 is 34.5 Å². The maximum absolute atomic E-state index is 12.0. The highest BCUT2D eigenvalue weighted by atomic mass is 127. The monoisotopic (exact) mass is 361 g/mol. The molecule has 5 heteroatoms. The Bertz CT molecular complexity index is 434. The molecule has 0 fully saturated rings. The lowest BCUT2D eigenvalue weighted by Crippen LogP contribution is -2.36. The highest BCUT2D eigenvalue weighted by Gasteiger charge is 2.17. The number of hydrogen-bond donors (Lipinski definition) is 1. The Morgan fingerprint density at radius 2 is 2.06 bits per heavy atom. The number of carbonyl (C=O) groups is 2. The van der Waals surface area contributed by atoms with Gasteiger partial charge in [-0.05, 0) is 41.1 Å². The zero-order valence-electron chi connectivity index (χ0n) is 10.4. The van der Waals surface area contributed by atoms with Gasteiger partial charge in [0.15, 0.2) is 0 Å². The van der Waals surface area contributed by atoms with E-state index in [0.29, 0.717) is 12.0 Å². The topological polar surface area (TPSA) is 55.4 Å². The van der Waals surface area contributed by atoms with E-state index < -0.39 is 0 Å². The fraction of sp³-hybridized carbons (Fsp3) is 0.385. The van der Waals surface area contributed by atoms with E-state index >= 15 is 0 Å². The molecule has 1 aromatic carbocycles. The number of halogens is 1. The van der Waals surface area contributed by atoms with Gasteiger partial charge in [-0.2, -0.15) is 0 Å². The highest BCUT2D eigenvalue weighted by Crippen LogP contribution is 2.12. The molecular formula is C13H16INO3. The predicted octanol–water partition coefficient (Wildman–Crippen LogP) is 2.36. The third-order valence-corrected chi connectivity index (χ3v) is 3.53. The van der Waals surface area contributed by atoms with Crippen molar-refractivity contribution in [2.75, 3.05) is 7.11 Å². The normalized spacial score (nSPS) is 11.7. The van der Waals surface area contributed by atoms with Gasteiger partial charge in [0.25, 0.3) is 5.91 Å². The molecule has 1 aromatic rings. The summed E-state index contributed by atoms with van der Waals surface area (Å²) in [5.74, 6) is -0.472. The number of nitrogens with one attached hydrogen (secondary N) is 1. The molecule has 0 saturated carbocycles. The summed E-state index contributed by atoms with van der Waals surface area (Å²) in [6.45, 7) is 1.92. The lowest BCUT2D eigenvalue weighted by atomic mass is 10.1. The molecule has 1 unspecified atom stereocenters. The van der Waals surface area contributed by atoms with Crippen molar-refractivity contribution < 1.29 is 14.3 Å². The first kappa shape index (κ1) is 14.9. The fourth-order valence-corrected chi connectivity index (χ4v) is 2.12. The smallest absolute Gasteiger partial charge is 0.307 e. The Balaban J connectivity index is 2.68. The second kappa shape index (κ2) is 7.35. The standard InChI is InChI=1S/C13H16INO3/c1-3-9(8-12(16)18-2)15-13(17)10-6-4-5-7-11(10)14/h4-7,9H,3,8H2,1-2H3,(H,15,17). The first-order valence-electron chi connectivity index (χ1n) is 5.70. The van der Waals surface area contributed by atoms with Crippen molar-refractivity contribution in [3.05, 3.63) is 33.4 Å². The molecule has 1 N–H and O–H groups in total. The largest absolute Gasteiger partial charge is 0.469 e. The lowest BCUT2D eigenvalue weighted by molar-refractivity contribution is -0.141. The van der Waals surface area contributed by atoms with Gasteiger partial charge in [0.05, 0.1) is 19.1 Å². The van der Waals surface area contributed by atoms with E-state index in [2.05, 4.69) is 32.6 Å². The number of ether oxygens (including phenoxy) is 1. The van der Waals surface area contributed by atoms with Crippen LogP contribution in [0, 0.1) is 3.57 Å². The summed E-state index contributed by atoms with van der Waals surface area (Å²) in [5.41, 5.74) is 0.626. The van der Waals surface area contributed by atoms with E-state index in [1.54, 1.807) is 6.07 Å². The predicted molar refractivity (Wildman–Crippen MR) is 77.3 cm³/mol. The molecule has 0 aliphatic carbocycles. The number of carbonyl (C=O) groups excluding carboxylic acids is 2. The van der Waals surface area contributed by atoms with Crippen LogP contribution in [0.4, 0.5) is 0 Å². The highest BCUT2D eigenvalue weighted by molar-refractivity contribution is 14.1. The van der Waals surface area contributed by atoms with Gasteiger partial charge in [0.2, 0.25) is 0 Å². The van der Waals surface area contributed by atoms with Crippen LogP contribution in [-0.4, -0.2) is 25.0 Å². The van der Waals surface area contributed by atoms with Crippen molar-refractivity contribution in [2.24, 2.45) is 0 Å². The van der Waals surface area contributed by atoms with Gasteiger partial charge in [-0.3, -0.25) is 9.59 Å². The van der Waals surface area contributed by atoms with Crippen LogP contribution in [0.5, 0.6) is 0 Å². The molecule has 0 bridgehead atoms. The molecule has 4 nitrogen and oxygen atoms in total. The van der Waals surface area contributed by atoms with Crippen LogP contribution in [0.3, 0.4) is 0 Å². The molecule has 0 aromatic heterocycles. The second-order valence-corrected chi connectivity index (χ2v) is 5.00. The molecule has 0 saturated heterocycles. The van der Waals surface area contributed by atoms with Crippen molar-refractivity contribution in [1.29, 1.82) is 0 Å². The van der Waals surface area contributed by atoms with E-state index in [1.807, 2.05) is 25.1 Å². The molecule has 1 rings (SSSR count). The van der Waals surface area contributed by atoms with E-state index in [4.69, 9.17) is 0 Å². The van der Waals surface area contributed by atoms with Crippen LogP contribution in [0.2, 0.25) is 0 Å². The molecule has 0 heterocycles. The SMILES string of the molecule is CCC(CC(=O)OC)NC(=O)c1ccccc1I. The first-order valence-corrected chi connectivity index (χ1v) is 6.78. The summed E-state index contributed by atoms with van der Waals surface area (Å²) in [5, 5.41) is 2.84. The van der Waals surface area contributed by atoms with E-state index in [0.717, 1.165) is 3.57 Å². The lowest BCUT2D eigenvalue weighted by Gasteiger charge is -2.16. The minimum Gasteiger partial charge on any atom is -0.469 e. The number of esters is 1. The van der Waals surface area contributed by atoms with E-state index in [-0.39, 0.29) is 24.3 Å². The second-order valence-electron chi connectivity index (χ2n) is 3.84. The molecule has 1 amide bonds. The third kappa shape index (κ3) is 4.29.